The molecule has 0 atom stereocenters. The predicted molar refractivity (Wildman–Crippen MR) is 126 cm³/mol. The van der Waals surface area contributed by atoms with Crippen LogP contribution in [0.4, 0.5) is 0 Å². The molecule has 4 heteroatoms. The third-order valence-corrected chi connectivity index (χ3v) is 5.32. The van der Waals surface area contributed by atoms with Gasteiger partial charge in [-0.1, -0.05) is 105 Å². The maximum absolute atomic E-state index is 12.7. The lowest BCUT2D eigenvalue weighted by molar-refractivity contribution is -0.142. The number of carbonyl (C=O) groups excluding carboxylic acids is 2. The van der Waals surface area contributed by atoms with Crippen LogP contribution in [0.3, 0.4) is 0 Å². The fourth-order valence-corrected chi connectivity index (χ4v) is 3.52. The van der Waals surface area contributed by atoms with E-state index >= 15 is 0 Å². The zero-order valence-electron chi connectivity index (χ0n) is 20.4. The summed E-state index contributed by atoms with van der Waals surface area (Å²) in [6.45, 7) is 9.32. The Kier molecular flexibility index (Phi) is 20.0. The summed E-state index contributed by atoms with van der Waals surface area (Å²) in [6.07, 6.45) is 16.6. The lowest BCUT2D eigenvalue weighted by atomic mass is 10.00. The molecule has 4 nitrogen and oxygen atoms in total. The molecule has 0 N–H and O–H groups in total. The van der Waals surface area contributed by atoms with Crippen molar-refractivity contribution in [2.75, 3.05) is 13.2 Å². The van der Waals surface area contributed by atoms with Crippen molar-refractivity contribution < 1.29 is 19.1 Å². The maximum atomic E-state index is 12.7. The van der Waals surface area contributed by atoms with E-state index in [2.05, 4.69) is 13.8 Å². The van der Waals surface area contributed by atoms with Crippen LogP contribution in [0, 0.1) is 0 Å². The molecule has 0 bridgehead atoms. The fourth-order valence-electron chi connectivity index (χ4n) is 3.52. The molecule has 0 aromatic heterocycles. The summed E-state index contributed by atoms with van der Waals surface area (Å²) in [5.74, 6) is -0.657. The predicted octanol–water partition coefficient (Wildman–Crippen LogP) is 7.69. The Morgan fingerprint density at radius 2 is 0.800 bits per heavy atom. The summed E-state index contributed by atoms with van der Waals surface area (Å²) in [6, 6.07) is 0. The van der Waals surface area contributed by atoms with Gasteiger partial charge in [-0.3, -0.25) is 0 Å². The first-order valence-corrected chi connectivity index (χ1v) is 12.7. The molecule has 176 valence electrons. The van der Waals surface area contributed by atoms with Gasteiger partial charge in [-0.2, -0.15) is 0 Å². The highest BCUT2D eigenvalue weighted by atomic mass is 16.5. The first-order chi connectivity index (χ1) is 14.6. The van der Waals surface area contributed by atoms with Gasteiger partial charge < -0.3 is 9.47 Å². The molecular formula is C26H48O4. The molecule has 0 aliphatic carbocycles. The highest BCUT2D eigenvalue weighted by Gasteiger charge is 2.22. The van der Waals surface area contributed by atoms with E-state index in [1.54, 1.807) is 0 Å². The van der Waals surface area contributed by atoms with Crippen LogP contribution in [0.2, 0.25) is 0 Å². The van der Waals surface area contributed by atoms with Crippen LogP contribution in [0.1, 0.15) is 130 Å². The molecule has 0 rings (SSSR count). The van der Waals surface area contributed by atoms with Crippen molar-refractivity contribution in [2.45, 2.75) is 130 Å². The van der Waals surface area contributed by atoms with E-state index in [1.807, 2.05) is 13.8 Å². The minimum absolute atomic E-state index is 0.328. The van der Waals surface area contributed by atoms with E-state index in [0.29, 0.717) is 37.2 Å². The van der Waals surface area contributed by atoms with E-state index in [4.69, 9.17) is 9.47 Å². The summed E-state index contributed by atoms with van der Waals surface area (Å²) in [5.41, 5.74) is 1.05. The number of carbonyl (C=O) groups is 2. The zero-order valence-corrected chi connectivity index (χ0v) is 20.4. The number of hydrogen-bond acceptors (Lipinski definition) is 4. The van der Waals surface area contributed by atoms with Gasteiger partial charge in [0.25, 0.3) is 0 Å². The molecule has 0 fully saturated rings. The molecular weight excluding hydrogens is 376 g/mol. The zero-order chi connectivity index (χ0) is 22.5. The fraction of sp³-hybridized carbons (Fsp3) is 0.846. The van der Waals surface area contributed by atoms with E-state index in [0.717, 1.165) is 38.5 Å². The average Bonchev–Trinajstić information content (AvgIpc) is 2.74. The van der Waals surface area contributed by atoms with Crippen LogP contribution < -0.4 is 0 Å². The normalized spacial score (nSPS) is 11.9. The van der Waals surface area contributed by atoms with Crippen LogP contribution in [0.5, 0.6) is 0 Å². The SMILES string of the molecule is CCCCCCCCOC(=O)/C(CCC)=C(/CCC)C(=O)OCCCCCCCC. The highest BCUT2D eigenvalue weighted by molar-refractivity contribution is 6.00. The first-order valence-electron chi connectivity index (χ1n) is 12.7. The second-order valence-electron chi connectivity index (χ2n) is 8.26. The Morgan fingerprint density at radius 3 is 1.13 bits per heavy atom. The number of esters is 2. The molecule has 0 aromatic rings. The van der Waals surface area contributed by atoms with Crippen molar-refractivity contribution in [3.8, 4) is 0 Å². The first kappa shape index (κ1) is 28.7. The van der Waals surface area contributed by atoms with Gasteiger partial charge in [-0.05, 0) is 25.7 Å². The van der Waals surface area contributed by atoms with Crippen LogP contribution in [-0.2, 0) is 19.1 Å². The third-order valence-electron chi connectivity index (χ3n) is 5.32. The maximum Gasteiger partial charge on any atom is 0.334 e. The standard InChI is InChI=1S/C26H48O4/c1-5-9-11-13-15-17-21-29-25(27)23(19-7-3)24(20-8-4)26(28)30-22-18-16-14-12-10-6-2/h5-22H2,1-4H3/b24-23-. The number of rotatable bonds is 20. The molecule has 0 saturated heterocycles. The molecule has 0 aliphatic rings. The Bertz CT molecular complexity index is 426. The molecule has 0 amide bonds. The minimum atomic E-state index is -0.328. The van der Waals surface area contributed by atoms with E-state index in [-0.39, 0.29) is 11.9 Å². The van der Waals surface area contributed by atoms with Crippen LogP contribution >= 0.6 is 0 Å². The summed E-state index contributed by atoms with van der Waals surface area (Å²) in [4.78, 5) is 25.4. The Morgan fingerprint density at radius 1 is 0.467 bits per heavy atom. The Labute approximate surface area is 186 Å². The molecule has 0 saturated carbocycles. The van der Waals surface area contributed by atoms with Gasteiger partial charge in [0.1, 0.15) is 0 Å². The smallest absolute Gasteiger partial charge is 0.334 e. The van der Waals surface area contributed by atoms with Gasteiger partial charge in [0.15, 0.2) is 0 Å². The molecule has 0 heterocycles. The van der Waals surface area contributed by atoms with Crippen molar-refractivity contribution in [1.82, 2.24) is 0 Å². The lowest BCUT2D eigenvalue weighted by Gasteiger charge is -2.14. The Balaban J connectivity index is 4.63. The van der Waals surface area contributed by atoms with Crippen molar-refractivity contribution in [3.05, 3.63) is 11.1 Å². The van der Waals surface area contributed by atoms with E-state index < -0.39 is 0 Å². The molecule has 30 heavy (non-hydrogen) atoms. The van der Waals surface area contributed by atoms with Crippen molar-refractivity contribution >= 4 is 11.9 Å². The van der Waals surface area contributed by atoms with Gasteiger partial charge in [0, 0.05) is 11.1 Å². The minimum Gasteiger partial charge on any atom is -0.462 e. The highest BCUT2D eigenvalue weighted by Crippen LogP contribution is 2.20. The second kappa shape index (κ2) is 20.9. The van der Waals surface area contributed by atoms with Gasteiger partial charge >= 0.3 is 11.9 Å². The van der Waals surface area contributed by atoms with Crippen molar-refractivity contribution in [2.24, 2.45) is 0 Å². The molecule has 0 spiro atoms. The van der Waals surface area contributed by atoms with Gasteiger partial charge in [-0.25, -0.2) is 9.59 Å². The Hall–Kier alpha value is -1.32. The van der Waals surface area contributed by atoms with Gasteiger partial charge in [0.05, 0.1) is 13.2 Å². The number of hydrogen-bond donors (Lipinski definition) is 0. The molecule has 0 aliphatic heterocycles. The second-order valence-corrected chi connectivity index (χ2v) is 8.26. The van der Waals surface area contributed by atoms with Crippen LogP contribution in [-0.4, -0.2) is 25.2 Å². The lowest BCUT2D eigenvalue weighted by Crippen LogP contribution is -2.18. The largest absolute Gasteiger partial charge is 0.462 e. The van der Waals surface area contributed by atoms with Crippen molar-refractivity contribution in [3.63, 3.8) is 0 Å². The average molecular weight is 425 g/mol. The van der Waals surface area contributed by atoms with Crippen LogP contribution in [0.25, 0.3) is 0 Å². The number of unbranched alkanes of at least 4 members (excludes halogenated alkanes) is 10. The van der Waals surface area contributed by atoms with Gasteiger partial charge in [-0.15, -0.1) is 0 Å². The quantitative estimate of drug-likeness (QED) is 0.114. The summed E-state index contributed by atoms with van der Waals surface area (Å²) < 4.78 is 11.0. The monoisotopic (exact) mass is 424 g/mol. The van der Waals surface area contributed by atoms with Gasteiger partial charge in [0.2, 0.25) is 0 Å². The summed E-state index contributed by atoms with van der Waals surface area (Å²) >= 11 is 0. The third kappa shape index (κ3) is 14.6. The summed E-state index contributed by atoms with van der Waals surface area (Å²) in [7, 11) is 0. The topological polar surface area (TPSA) is 52.6 Å². The van der Waals surface area contributed by atoms with Crippen LogP contribution in [0.15, 0.2) is 11.1 Å². The van der Waals surface area contributed by atoms with E-state index in [1.165, 1.54) is 51.4 Å². The van der Waals surface area contributed by atoms with E-state index in [9.17, 15) is 9.59 Å². The molecule has 0 aromatic carbocycles. The summed E-state index contributed by atoms with van der Waals surface area (Å²) in [5, 5.41) is 0. The number of ether oxygens (including phenoxy) is 2. The van der Waals surface area contributed by atoms with Crippen molar-refractivity contribution in [1.29, 1.82) is 0 Å². The molecule has 0 unspecified atom stereocenters. The molecule has 0 radical (unpaired) electrons.